The number of halogens is 1. The monoisotopic (exact) mass is 284 g/mol. The molecule has 2 nitrogen and oxygen atoms in total. The molecule has 0 aliphatic heterocycles. The van der Waals surface area contributed by atoms with E-state index in [0.717, 1.165) is 24.8 Å². The van der Waals surface area contributed by atoms with Crippen LogP contribution in [0.3, 0.4) is 0 Å². The molecule has 0 amide bonds. The van der Waals surface area contributed by atoms with E-state index in [0.29, 0.717) is 11.5 Å². The first-order valence-corrected chi connectivity index (χ1v) is 7.24. The molecular formula is C18H17FO2. The van der Waals surface area contributed by atoms with Gasteiger partial charge >= 0.3 is 5.97 Å². The van der Waals surface area contributed by atoms with Crippen molar-refractivity contribution in [1.82, 2.24) is 0 Å². The molecule has 1 aliphatic rings. The highest BCUT2D eigenvalue weighted by atomic mass is 19.1. The van der Waals surface area contributed by atoms with Crippen molar-refractivity contribution in [2.24, 2.45) is 0 Å². The Kier molecular flexibility index (Phi) is 4.00. The molecule has 0 spiro atoms. The number of benzene rings is 2. The van der Waals surface area contributed by atoms with Crippen molar-refractivity contribution in [3.63, 3.8) is 0 Å². The van der Waals surface area contributed by atoms with Crippen LogP contribution in [-0.2, 0) is 4.74 Å². The maximum Gasteiger partial charge on any atom is 0.338 e. The summed E-state index contributed by atoms with van der Waals surface area (Å²) in [5.41, 5.74) is 1.71. The average Bonchev–Trinajstić information content (AvgIpc) is 2.97. The largest absolute Gasteiger partial charge is 0.459 e. The Hall–Kier alpha value is -2.16. The first-order chi connectivity index (χ1) is 10.2. The topological polar surface area (TPSA) is 26.3 Å². The van der Waals surface area contributed by atoms with E-state index in [2.05, 4.69) is 0 Å². The molecule has 1 fully saturated rings. The zero-order chi connectivity index (χ0) is 14.7. The van der Waals surface area contributed by atoms with Crippen molar-refractivity contribution in [1.29, 1.82) is 0 Å². The lowest BCUT2D eigenvalue weighted by Gasteiger charge is -2.13. The molecule has 0 aromatic heterocycles. The van der Waals surface area contributed by atoms with Gasteiger partial charge in [-0.15, -0.1) is 0 Å². The van der Waals surface area contributed by atoms with Crippen LogP contribution in [-0.4, -0.2) is 12.1 Å². The highest BCUT2D eigenvalue weighted by Crippen LogP contribution is 2.36. The lowest BCUT2D eigenvalue weighted by atomic mass is 9.98. The summed E-state index contributed by atoms with van der Waals surface area (Å²) in [5.74, 6) is -0.136. The summed E-state index contributed by atoms with van der Waals surface area (Å²) in [6, 6.07) is 15.7. The number of hydrogen-bond donors (Lipinski definition) is 0. The van der Waals surface area contributed by atoms with Crippen molar-refractivity contribution < 1.29 is 13.9 Å². The summed E-state index contributed by atoms with van der Waals surface area (Å²) >= 11 is 0. The Morgan fingerprint density at radius 1 is 1.00 bits per heavy atom. The van der Waals surface area contributed by atoms with Crippen LogP contribution < -0.4 is 0 Å². The predicted molar refractivity (Wildman–Crippen MR) is 78.6 cm³/mol. The van der Waals surface area contributed by atoms with Crippen LogP contribution in [0.1, 0.15) is 41.1 Å². The van der Waals surface area contributed by atoms with Gasteiger partial charge in [-0.3, -0.25) is 0 Å². The highest BCUT2D eigenvalue weighted by molar-refractivity contribution is 5.89. The van der Waals surface area contributed by atoms with Crippen molar-refractivity contribution in [2.45, 2.75) is 31.3 Å². The van der Waals surface area contributed by atoms with Crippen LogP contribution in [0.25, 0.3) is 0 Å². The van der Waals surface area contributed by atoms with E-state index in [9.17, 15) is 9.18 Å². The number of rotatable bonds is 3. The summed E-state index contributed by atoms with van der Waals surface area (Å²) in [4.78, 5) is 12.0. The number of ether oxygens (including phenoxy) is 1. The van der Waals surface area contributed by atoms with Gasteiger partial charge in [0.1, 0.15) is 11.9 Å². The minimum absolute atomic E-state index is 0.0484. The van der Waals surface area contributed by atoms with E-state index in [4.69, 9.17) is 4.74 Å². The lowest BCUT2D eigenvalue weighted by Crippen LogP contribution is -2.15. The van der Waals surface area contributed by atoms with Gasteiger partial charge in [-0.1, -0.05) is 30.3 Å². The molecule has 3 rings (SSSR count). The first-order valence-electron chi connectivity index (χ1n) is 7.24. The van der Waals surface area contributed by atoms with Crippen molar-refractivity contribution in [3.8, 4) is 0 Å². The molecule has 108 valence electrons. The lowest BCUT2D eigenvalue weighted by molar-refractivity contribution is 0.0315. The van der Waals surface area contributed by atoms with Crippen LogP contribution in [0, 0.1) is 5.82 Å². The third kappa shape index (κ3) is 3.30. The molecule has 2 aromatic carbocycles. The Labute approximate surface area is 123 Å². The number of hydrogen-bond acceptors (Lipinski definition) is 2. The molecule has 0 radical (unpaired) electrons. The summed E-state index contributed by atoms with van der Waals surface area (Å²) in [5, 5.41) is 0. The van der Waals surface area contributed by atoms with Crippen LogP contribution in [0.15, 0.2) is 54.6 Å². The van der Waals surface area contributed by atoms with E-state index in [1.54, 1.807) is 12.1 Å². The van der Waals surface area contributed by atoms with E-state index in [1.165, 1.54) is 12.1 Å². The van der Waals surface area contributed by atoms with Gasteiger partial charge < -0.3 is 4.74 Å². The second-order valence-electron chi connectivity index (χ2n) is 5.45. The van der Waals surface area contributed by atoms with Crippen molar-refractivity contribution in [3.05, 3.63) is 71.5 Å². The van der Waals surface area contributed by atoms with Gasteiger partial charge in [0.2, 0.25) is 0 Å². The molecule has 1 saturated carbocycles. The highest BCUT2D eigenvalue weighted by Gasteiger charge is 2.28. The molecule has 0 saturated heterocycles. The summed E-state index contributed by atoms with van der Waals surface area (Å²) in [6.07, 6.45) is 2.59. The first kappa shape index (κ1) is 13.8. The third-order valence-corrected chi connectivity index (χ3v) is 4.01. The maximum absolute atomic E-state index is 12.9. The van der Waals surface area contributed by atoms with E-state index >= 15 is 0 Å². The van der Waals surface area contributed by atoms with Crippen molar-refractivity contribution >= 4 is 5.97 Å². The molecule has 0 bridgehead atoms. The number of carbonyl (C=O) groups is 1. The maximum atomic E-state index is 12.9. The van der Waals surface area contributed by atoms with Crippen LogP contribution in [0.5, 0.6) is 0 Å². The molecule has 0 heterocycles. The minimum atomic E-state index is -0.264. The second kappa shape index (κ2) is 6.08. The van der Waals surface area contributed by atoms with Crippen molar-refractivity contribution in [2.75, 3.05) is 0 Å². The molecule has 1 aliphatic carbocycles. The Bertz CT molecular complexity index is 607. The summed E-state index contributed by atoms with van der Waals surface area (Å²) in [6.45, 7) is 0. The van der Waals surface area contributed by atoms with Gasteiger partial charge in [0, 0.05) is 0 Å². The van der Waals surface area contributed by atoms with Crippen LogP contribution in [0.4, 0.5) is 4.39 Å². The van der Waals surface area contributed by atoms with E-state index in [-0.39, 0.29) is 17.9 Å². The fourth-order valence-electron chi connectivity index (χ4n) is 2.88. The minimum Gasteiger partial charge on any atom is -0.459 e. The number of carbonyl (C=O) groups excluding carboxylic acids is 1. The number of esters is 1. The summed E-state index contributed by atoms with van der Waals surface area (Å²) in [7, 11) is 0. The van der Waals surface area contributed by atoms with Gasteiger partial charge in [-0.2, -0.15) is 0 Å². The molecule has 0 N–H and O–H groups in total. The zero-order valence-electron chi connectivity index (χ0n) is 11.7. The standard InChI is InChI=1S/C18H17FO2/c19-16-9-6-13(7-10-16)15-8-11-17(12-15)21-18(20)14-4-2-1-3-5-14/h1-7,9-10,15,17H,8,11-12H2/t15-,17-/m0/s1. The van der Waals surface area contributed by atoms with Crippen LogP contribution in [0.2, 0.25) is 0 Å². The predicted octanol–water partition coefficient (Wildman–Crippen LogP) is 4.32. The second-order valence-corrected chi connectivity index (χ2v) is 5.45. The molecule has 2 aromatic rings. The van der Waals surface area contributed by atoms with Crippen LogP contribution >= 0.6 is 0 Å². The smallest absolute Gasteiger partial charge is 0.338 e. The third-order valence-electron chi connectivity index (χ3n) is 4.01. The fourth-order valence-corrected chi connectivity index (χ4v) is 2.88. The van der Waals surface area contributed by atoms with Gasteiger partial charge in [-0.25, -0.2) is 9.18 Å². The molecule has 21 heavy (non-hydrogen) atoms. The molecule has 2 atom stereocenters. The SMILES string of the molecule is O=C(O[C@H]1CC[C@H](c2ccc(F)cc2)C1)c1ccccc1. The van der Waals surface area contributed by atoms with Gasteiger partial charge in [-0.05, 0) is 55.0 Å². The molecular weight excluding hydrogens is 267 g/mol. The molecule has 0 unspecified atom stereocenters. The van der Waals surface area contributed by atoms with E-state index < -0.39 is 0 Å². The van der Waals surface area contributed by atoms with E-state index in [1.807, 2.05) is 30.3 Å². The fraction of sp³-hybridized carbons (Fsp3) is 0.278. The van der Waals surface area contributed by atoms with Gasteiger partial charge in [0.05, 0.1) is 5.56 Å². The Morgan fingerprint density at radius 3 is 2.43 bits per heavy atom. The normalized spacial score (nSPS) is 21.2. The molecule has 3 heteroatoms. The average molecular weight is 284 g/mol. The quantitative estimate of drug-likeness (QED) is 0.785. The Balaban J connectivity index is 1.60. The van der Waals surface area contributed by atoms with Gasteiger partial charge in [0.15, 0.2) is 0 Å². The van der Waals surface area contributed by atoms with Gasteiger partial charge in [0.25, 0.3) is 0 Å². The zero-order valence-corrected chi connectivity index (χ0v) is 11.7. The summed E-state index contributed by atoms with van der Waals surface area (Å²) < 4.78 is 18.5. The Morgan fingerprint density at radius 2 is 1.71 bits per heavy atom.